The van der Waals surface area contributed by atoms with Crippen LogP contribution in [-0.2, 0) is 4.74 Å². The molecule has 1 rings (SSSR count). The van der Waals surface area contributed by atoms with E-state index < -0.39 is 0 Å². The van der Waals surface area contributed by atoms with Gasteiger partial charge in [0.25, 0.3) is 0 Å². The molecule has 0 spiro atoms. The first-order chi connectivity index (χ1) is 7.17. The van der Waals surface area contributed by atoms with Gasteiger partial charge in [-0.15, -0.1) is 6.58 Å². The molecule has 0 bridgehead atoms. The lowest BCUT2D eigenvalue weighted by atomic mass is 9.96. The van der Waals surface area contributed by atoms with Crippen LogP contribution in [0.15, 0.2) is 12.7 Å². The molecular formula is C13H25NO. The molecule has 0 radical (unpaired) electrons. The van der Waals surface area contributed by atoms with E-state index in [1.165, 1.54) is 6.42 Å². The van der Waals surface area contributed by atoms with Crippen molar-refractivity contribution in [2.75, 3.05) is 19.7 Å². The second kappa shape index (κ2) is 5.66. The fourth-order valence-corrected chi connectivity index (χ4v) is 2.17. The van der Waals surface area contributed by atoms with Gasteiger partial charge in [0.15, 0.2) is 0 Å². The molecule has 2 atom stereocenters. The Morgan fingerprint density at radius 3 is 2.73 bits per heavy atom. The fourth-order valence-electron chi connectivity index (χ4n) is 2.17. The Hall–Kier alpha value is -0.340. The Labute approximate surface area is 94.3 Å². The number of nitrogens with zero attached hydrogens (tertiary/aromatic N) is 1. The Morgan fingerprint density at radius 2 is 2.20 bits per heavy atom. The summed E-state index contributed by atoms with van der Waals surface area (Å²) >= 11 is 0. The monoisotopic (exact) mass is 211 g/mol. The van der Waals surface area contributed by atoms with E-state index in [2.05, 4.69) is 32.3 Å². The SMILES string of the molecule is C=C[C@]1(CC)CCN(C(C)CC)CCO1. The zero-order valence-electron chi connectivity index (χ0n) is 10.5. The van der Waals surface area contributed by atoms with Crippen molar-refractivity contribution >= 4 is 0 Å². The molecule has 1 saturated heterocycles. The zero-order chi connectivity index (χ0) is 11.3. The lowest BCUT2D eigenvalue weighted by molar-refractivity contribution is -0.00273. The van der Waals surface area contributed by atoms with Crippen molar-refractivity contribution in [3.05, 3.63) is 12.7 Å². The van der Waals surface area contributed by atoms with E-state index in [1.807, 2.05) is 6.08 Å². The molecule has 0 aliphatic carbocycles. The summed E-state index contributed by atoms with van der Waals surface area (Å²) in [5, 5.41) is 0. The molecule has 0 aromatic carbocycles. The molecule has 2 heteroatoms. The quantitative estimate of drug-likeness (QED) is 0.663. The van der Waals surface area contributed by atoms with Crippen LogP contribution in [0.1, 0.15) is 40.0 Å². The lowest BCUT2D eigenvalue weighted by Gasteiger charge is -2.28. The first-order valence-electron chi connectivity index (χ1n) is 6.19. The van der Waals surface area contributed by atoms with Crippen molar-refractivity contribution in [3.8, 4) is 0 Å². The number of hydrogen-bond donors (Lipinski definition) is 0. The molecule has 2 nitrogen and oxygen atoms in total. The molecule has 0 aromatic heterocycles. The third kappa shape index (κ3) is 3.05. The second-order valence-corrected chi connectivity index (χ2v) is 4.51. The fraction of sp³-hybridized carbons (Fsp3) is 0.846. The molecule has 1 fully saturated rings. The van der Waals surface area contributed by atoms with Crippen LogP contribution in [0.5, 0.6) is 0 Å². The summed E-state index contributed by atoms with van der Waals surface area (Å²) < 4.78 is 5.95. The summed E-state index contributed by atoms with van der Waals surface area (Å²) in [6.07, 6.45) is 5.32. The minimum Gasteiger partial charge on any atom is -0.370 e. The smallest absolute Gasteiger partial charge is 0.0870 e. The van der Waals surface area contributed by atoms with E-state index in [0.717, 1.165) is 32.5 Å². The van der Waals surface area contributed by atoms with Gasteiger partial charge in [0, 0.05) is 19.1 Å². The summed E-state index contributed by atoms with van der Waals surface area (Å²) in [7, 11) is 0. The molecule has 0 N–H and O–H groups in total. The Balaban J connectivity index is 2.58. The van der Waals surface area contributed by atoms with Crippen molar-refractivity contribution in [2.24, 2.45) is 0 Å². The first-order valence-corrected chi connectivity index (χ1v) is 6.19. The number of rotatable bonds is 4. The molecule has 88 valence electrons. The molecule has 1 heterocycles. The van der Waals surface area contributed by atoms with Crippen LogP contribution in [0.4, 0.5) is 0 Å². The van der Waals surface area contributed by atoms with Gasteiger partial charge in [0.1, 0.15) is 0 Å². The maximum Gasteiger partial charge on any atom is 0.0870 e. The van der Waals surface area contributed by atoms with Crippen LogP contribution < -0.4 is 0 Å². The van der Waals surface area contributed by atoms with Crippen molar-refractivity contribution in [3.63, 3.8) is 0 Å². The van der Waals surface area contributed by atoms with Gasteiger partial charge in [-0.05, 0) is 26.2 Å². The van der Waals surface area contributed by atoms with E-state index in [0.29, 0.717) is 6.04 Å². The third-order valence-electron chi connectivity index (χ3n) is 3.77. The van der Waals surface area contributed by atoms with Crippen molar-refractivity contribution in [1.82, 2.24) is 4.90 Å². The van der Waals surface area contributed by atoms with E-state index >= 15 is 0 Å². The van der Waals surface area contributed by atoms with Crippen molar-refractivity contribution in [2.45, 2.75) is 51.7 Å². The largest absolute Gasteiger partial charge is 0.370 e. The van der Waals surface area contributed by atoms with Crippen molar-refractivity contribution < 1.29 is 4.74 Å². The first kappa shape index (κ1) is 12.7. The highest BCUT2D eigenvalue weighted by Gasteiger charge is 2.29. The number of hydrogen-bond acceptors (Lipinski definition) is 2. The molecule has 0 saturated carbocycles. The topological polar surface area (TPSA) is 12.5 Å². The Kier molecular flexibility index (Phi) is 4.81. The molecule has 1 aliphatic rings. The van der Waals surface area contributed by atoms with E-state index in [9.17, 15) is 0 Å². The molecular weight excluding hydrogens is 186 g/mol. The average Bonchev–Trinajstić information content (AvgIpc) is 2.51. The Bertz CT molecular complexity index is 205. The summed E-state index contributed by atoms with van der Waals surface area (Å²) in [6.45, 7) is 13.7. The van der Waals surface area contributed by atoms with Crippen molar-refractivity contribution in [1.29, 1.82) is 0 Å². The minimum absolute atomic E-state index is 0.0673. The minimum atomic E-state index is -0.0673. The van der Waals surface area contributed by atoms with Gasteiger partial charge in [-0.3, -0.25) is 4.90 Å². The van der Waals surface area contributed by atoms with Crippen LogP contribution in [-0.4, -0.2) is 36.2 Å². The van der Waals surface area contributed by atoms with Gasteiger partial charge in [-0.1, -0.05) is 19.9 Å². The predicted octanol–water partition coefficient (Wildman–Crippen LogP) is 2.84. The van der Waals surface area contributed by atoms with Crippen LogP contribution in [0.3, 0.4) is 0 Å². The van der Waals surface area contributed by atoms with Gasteiger partial charge in [0.05, 0.1) is 12.2 Å². The average molecular weight is 211 g/mol. The molecule has 0 amide bonds. The highest BCUT2D eigenvalue weighted by molar-refractivity contribution is 4.98. The number of ether oxygens (including phenoxy) is 1. The standard InChI is InChI=1S/C13H25NO/c1-5-12(4)14-9-8-13(6-2,7-3)15-11-10-14/h6,12H,2,5,7-11H2,1,3-4H3/t12?,13-/m0/s1. The van der Waals surface area contributed by atoms with E-state index in [1.54, 1.807) is 0 Å². The summed E-state index contributed by atoms with van der Waals surface area (Å²) in [6, 6.07) is 0.672. The van der Waals surface area contributed by atoms with Crippen LogP contribution in [0, 0.1) is 0 Å². The van der Waals surface area contributed by atoms with Crippen LogP contribution >= 0.6 is 0 Å². The van der Waals surface area contributed by atoms with Gasteiger partial charge >= 0.3 is 0 Å². The Morgan fingerprint density at radius 1 is 1.47 bits per heavy atom. The molecule has 15 heavy (non-hydrogen) atoms. The highest BCUT2D eigenvalue weighted by Crippen LogP contribution is 2.25. The molecule has 1 aliphatic heterocycles. The highest BCUT2D eigenvalue weighted by atomic mass is 16.5. The van der Waals surface area contributed by atoms with Crippen LogP contribution in [0.25, 0.3) is 0 Å². The van der Waals surface area contributed by atoms with E-state index in [4.69, 9.17) is 4.74 Å². The molecule has 1 unspecified atom stereocenters. The third-order valence-corrected chi connectivity index (χ3v) is 3.77. The van der Waals surface area contributed by atoms with Gasteiger partial charge in [0.2, 0.25) is 0 Å². The maximum atomic E-state index is 5.95. The van der Waals surface area contributed by atoms with E-state index in [-0.39, 0.29) is 5.60 Å². The van der Waals surface area contributed by atoms with Gasteiger partial charge in [-0.25, -0.2) is 0 Å². The maximum absolute atomic E-state index is 5.95. The zero-order valence-corrected chi connectivity index (χ0v) is 10.5. The van der Waals surface area contributed by atoms with Crippen LogP contribution in [0.2, 0.25) is 0 Å². The predicted molar refractivity (Wildman–Crippen MR) is 65.1 cm³/mol. The molecule has 0 aromatic rings. The normalized spacial score (nSPS) is 30.9. The summed E-state index contributed by atoms with van der Waals surface area (Å²) in [5.41, 5.74) is -0.0673. The summed E-state index contributed by atoms with van der Waals surface area (Å²) in [4.78, 5) is 2.53. The van der Waals surface area contributed by atoms with Gasteiger partial charge in [-0.2, -0.15) is 0 Å². The summed E-state index contributed by atoms with van der Waals surface area (Å²) in [5.74, 6) is 0. The lowest BCUT2D eigenvalue weighted by Crippen LogP contribution is -2.35. The van der Waals surface area contributed by atoms with Gasteiger partial charge < -0.3 is 4.74 Å². The second-order valence-electron chi connectivity index (χ2n) is 4.51.